The van der Waals surface area contributed by atoms with Gasteiger partial charge >= 0.3 is 24.1 Å². The van der Waals surface area contributed by atoms with Gasteiger partial charge in [-0.3, -0.25) is 4.79 Å². The molecule has 0 aliphatic rings. The van der Waals surface area contributed by atoms with E-state index in [9.17, 15) is 27.6 Å². The van der Waals surface area contributed by atoms with Crippen LogP contribution in [-0.2, 0) is 19.1 Å². The molecule has 0 radical (unpaired) electrons. The zero-order valence-corrected chi connectivity index (χ0v) is 19.0. The molecule has 2 aromatic carbocycles. The molecular formula is C25H25F3O7. The monoisotopic (exact) mass is 494 g/mol. The number of alkyl halides is 3. The predicted octanol–water partition coefficient (Wildman–Crippen LogP) is 5.14. The number of ether oxygens (including phenoxy) is 4. The van der Waals surface area contributed by atoms with Crippen LogP contribution in [0.5, 0.6) is 11.5 Å². The highest BCUT2D eigenvalue weighted by Crippen LogP contribution is 2.22. The molecule has 0 aliphatic carbocycles. The molecule has 2 rings (SSSR count). The Kier molecular flexibility index (Phi) is 10.8. The van der Waals surface area contributed by atoms with Crippen molar-refractivity contribution in [1.29, 1.82) is 0 Å². The molecule has 7 nitrogen and oxygen atoms in total. The quantitative estimate of drug-likeness (QED) is 0.175. The number of halogens is 3. The summed E-state index contributed by atoms with van der Waals surface area (Å²) in [6, 6.07) is 12.3. The summed E-state index contributed by atoms with van der Waals surface area (Å²) >= 11 is 0. The smallest absolute Gasteiger partial charge is 0.389 e. The van der Waals surface area contributed by atoms with E-state index in [0.29, 0.717) is 17.7 Å². The second-order valence-corrected chi connectivity index (χ2v) is 7.24. The van der Waals surface area contributed by atoms with Crippen LogP contribution in [0.1, 0.15) is 42.1 Å². The van der Waals surface area contributed by atoms with Crippen molar-refractivity contribution in [3.8, 4) is 11.5 Å². The summed E-state index contributed by atoms with van der Waals surface area (Å²) in [5, 5.41) is 0. The van der Waals surface area contributed by atoms with E-state index in [1.54, 1.807) is 24.3 Å². The van der Waals surface area contributed by atoms with Gasteiger partial charge in [-0.2, -0.15) is 13.2 Å². The van der Waals surface area contributed by atoms with Crippen molar-refractivity contribution < 1.29 is 46.5 Å². The van der Waals surface area contributed by atoms with Crippen LogP contribution in [0.25, 0.3) is 6.08 Å². The largest absolute Gasteiger partial charge is 0.494 e. The molecule has 0 aliphatic heterocycles. The summed E-state index contributed by atoms with van der Waals surface area (Å²) in [6.45, 7) is 1.51. The van der Waals surface area contributed by atoms with E-state index in [4.69, 9.17) is 18.9 Å². The Morgan fingerprint density at radius 1 is 0.829 bits per heavy atom. The zero-order chi connectivity index (χ0) is 25.7. The Labute approximate surface area is 200 Å². The van der Waals surface area contributed by atoms with E-state index < -0.39 is 30.5 Å². The van der Waals surface area contributed by atoms with Crippen molar-refractivity contribution in [2.45, 2.75) is 32.4 Å². The van der Waals surface area contributed by atoms with Crippen molar-refractivity contribution in [3.63, 3.8) is 0 Å². The Morgan fingerprint density at radius 2 is 1.46 bits per heavy atom. The molecule has 0 aromatic heterocycles. The average molecular weight is 494 g/mol. The van der Waals surface area contributed by atoms with Crippen LogP contribution < -0.4 is 9.47 Å². The van der Waals surface area contributed by atoms with Gasteiger partial charge in [0.15, 0.2) is 0 Å². The zero-order valence-electron chi connectivity index (χ0n) is 19.0. The van der Waals surface area contributed by atoms with Crippen LogP contribution >= 0.6 is 0 Å². The Morgan fingerprint density at radius 3 is 2.09 bits per heavy atom. The SMILES string of the molecule is CC(=O)OCCCOC(=O)/C=C/c1ccc(OC(=O)c2ccc(OCCCC(F)(F)F)cc2)cc1. The first-order valence-corrected chi connectivity index (χ1v) is 10.7. The normalized spacial score (nSPS) is 11.2. The number of carbonyl (C=O) groups excluding carboxylic acids is 3. The molecular weight excluding hydrogens is 469 g/mol. The molecule has 2 aromatic rings. The minimum absolute atomic E-state index is 0.0854. The van der Waals surface area contributed by atoms with E-state index in [2.05, 4.69) is 0 Å². The van der Waals surface area contributed by atoms with Crippen molar-refractivity contribution in [2.75, 3.05) is 19.8 Å². The summed E-state index contributed by atoms with van der Waals surface area (Å²) in [7, 11) is 0. The number of benzene rings is 2. The fourth-order valence-electron chi connectivity index (χ4n) is 2.62. The average Bonchev–Trinajstić information content (AvgIpc) is 2.81. The molecule has 0 spiro atoms. The van der Waals surface area contributed by atoms with Crippen LogP contribution in [0.3, 0.4) is 0 Å². The highest BCUT2D eigenvalue weighted by molar-refractivity contribution is 5.91. The highest BCUT2D eigenvalue weighted by Gasteiger charge is 2.26. The lowest BCUT2D eigenvalue weighted by Gasteiger charge is -2.09. The lowest BCUT2D eigenvalue weighted by molar-refractivity contribution is -0.142. The second-order valence-electron chi connectivity index (χ2n) is 7.24. The molecule has 10 heteroatoms. The van der Waals surface area contributed by atoms with Gasteiger partial charge in [-0.05, 0) is 54.5 Å². The standard InChI is InChI=1S/C25H25F3O7/c1-18(29)32-16-3-17-34-23(30)13-6-19-4-9-22(10-5-19)35-24(31)20-7-11-21(12-8-20)33-15-2-14-25(26,27)28/h4-13H,2-3,14-17H2,1H3/b13-6+. The Bertz CT molecular complexity index is 997. The molecule has 0 N–H and O–H groups in total. The molecule has 0 atom stereocenters. The molecule has 0 heterocycles. The van der Waals surface area contributed by atoms with E-state index >= 15 is 0 Å². The third-order valence-corrected chi connectivity index (χ3v) is 4.30. The van der Waals surface area contributed by atoms with Gasteiger partial charge in [-0.25, -0.2) is 9.59 Å². The first-order chi connectivity index (χ1) is 16.6. The predicted molar refractivity (Wildman–Crippen MR) is 120 cm³/mol. The van der Waals surface area contributed by atoms with Crippen LogP contribution in [0, 0.1) is 0 Å². The topological polar surface area (TPSA) is 88.1 Å². The van der Waals surface area contributed by atoms with Gasteiger partial charge in [0.1, 0.15) is 11.5 Å². The number of esters is 3. The van der Waals surface area contributed by atoms with Gasteiger partial charge in [0.25, 0.3) is 0 Å². The van der Waals surface area contributed by atoms with Gasteiger partial charge in [-0.1, -0.05) is 12.1 Å². The fraction of sp³-hybridized carbons (Fsp3) is 0.320. The molecule has 0 bridgehead atoms. The van der Waals surface area contributed by atoms with Crippen molar-refractivity contribution >= 4 is 24.0 Å². The van der Waals surface area contributed by atoms with Gasteiger partial charge < -0.3 is 18.9 Å². The van der Waals surface area contributed by atoms with Gasteiger partial charge in [0.2, 0.25) is 0 Å². The summed E-state index contributed by atoms with van der Waals surface area (Å²) in [5.41, 5.74) is 0.918. The van der Waals surface area contributed by atoms with Gasteiger partial charge in [0.05, 0.1) is 25.4 Å². The van der Waals surface area contributed by atoms with Crippen molar-refractivity contribution in [2.24, 2.45) is 0 Å². The number of carbonyl (C=O) groups is 3. The maximum Gasteiger partial charge on any atom is 0.389 e. The maximum absolute atomic E-state index is 12.3. The molecule has 35 heavy (non-hydrogen) atoms. The minimum atomic E-state index is -4.22. The summed E-state index contributed by atoms with van der Waals surface area (Å²) in [5.74, 6) is -0.921. The van der Waals surface area contributed by atoms with E-state index in [-0.39, 0.29) is 37.6 Å². The molecule has 0 amide bonds. The second kappa shape index (κ2) is 13.8. The Hall–Kier alpha value is -3.82. The van der Waals surface area contributed by atoms with Crippen LogP contribution in [0.2, 0.25) is 0 Å². The van der Waals surface area contributed by atoms with E-state index in [0.717, 1.165) is 0 Å². The number of hydrogen-bond donors (Lipinski definition) is 0. The summed E-state index contributed by atoms with van der Waals surface area (Å²) in [6.07, 6.45) is -2.11. The van der Waals surface area contributed by atoms with Gasteiger partial charge in [0, 0.05) is 25.8 Å². The lowest BCUT2D eigenvalue weighted by Crippen LogP contribution is -2.10. The highest BCUT2D eigenvalue weighted by atomic mass is 19.4. The number of hydrogen-bond acceptors (Lipinski definition) is 7. The van der Waals surface area contributed by atoms with Crippen molar-refractivity contribution in [1.82, 2.24) is 0 Å². The molecule has 0 saturated carbocycles. The van der Waals surface area contributed by atoms with Crippen LogP contribution in [0.15, 0.2) is 54.6 Å². The molecule has 0 fully saturated rings. The first-order valence-electron chi connectivity index (χ1n) is 10.7. The van der Waals surface area contributed by atoms with E-state index in [1.165, 1.54) is 43.3 Å². The summed E-state index contributed by atoms with van der Waals surface area (Å²) < 4.78 is 56.7. The third-order valence-electron chi connectivity index (χ3n) is 4.30. The van der Waals surface area contributed by atoms with Crippen LogP contribution in [0.4, 0.5) is 13.2 Å². The fourth-order valence-corrected chi connectivity index (χ4v) is 2.62. The number of rotatable bonds is 12. The molecule has 0 unspecified atom stereocenters. The maximum atomic E-state index is 12.3. The molecule has 188 valence electrons. The third kappa shape index (κ3) is 11.7. The van der Waals surface area contributed by atoms with Gasteiger partial charge in [-0.15, -0.1) is 0 Å². The minimum Gasteiger partial charge on any atom is -0.494 e. The Balaban J connectivity index is 1.76. The molecule has 0 saturated heterocycles. The summed E-state index contributed by atoms with van der Waals surface area (Å²) in [4.78, 5) is 34.6. The van der Waals surface area contributed by atoms with E-state index in [1.807, 2.05) is 0 Å². The first kappa shape index (κ1) is 27.4. The lowest BCUT2D eigenvalue weighted by atomic mass is 10.2. The van der Waals surface area contributed by atoms with Crippen molar-refractivity contribution in [3.05, 3.63) is 65.7 Å². The van der Waals surface area contributed by atoms with Crippen LogP contribution in [-0.4, -0.2) is 43.9 Å².